The number of likely N-dealkylation sites (tertiary alicyclic amines) is 2. The average Bonchev–Trinajstić information content (AvgIpc) is 2.94. The second kappa shape index (κ2) is 17.9. The second-order valence-electron chi connectivity index (χ2n) is 10.1. The van der Waals surface area contributed by atoms with Crippen LogP contribution >= 0.6 is 0 Å². The number of nitrogen functional groups attached to an aromatic ring is 1. The van der Waals surface area contributed by atoms with E-state index in [0.717, 1.165) is 83.7 Å². The Morgan fingerprint density at radius 2 is 1.13 bits per heavy atom. The molecule has 0 amide bonds. The number of nitrogens with zero attached hydrogens (tertiary/aromatic N) is 3. The van der Waals surface area contributed by atoms with Crippen molar-refractivity contribution in [2.24, 2.45) is 11.8 Å². The number of nitro groups is 1. The molecule has 0 saturated carbocycles. The number of piperidine rings is 2. The number of β-amino-alcohol motifs (C(OH)–C–C–N with tert-alkyl or cyclic N) is 2. The number of rotatable bonds is 9. The van der Waals surface area contributed by atoms with E-state index in [1.807, 2.05) is 24.3 Å². The standard InChI is InChI=1S/C14H20N2O3.C14H22N2O.CH4O/c17-10-9-15-7-5-13(6-8-15)11-12-1-3-14(4-2-12)16(18)19;15-14-3-1-12(2-4-14)11-13-5-7-16(8-6-13)9-10-17;1-2/h1-4,13,17H,5-11H2;1-4,13,17H,5-11,15H2;2H,1H3. The third kappa shape index (κ3) is 11.4. The molecule has 0 aliphatic carbocycles. The summed E-state index contributed by atoms with van der Waals surface area (Å²) in [6, 6.07) is 15.1. The van der Waals surface area contributed by atoms with E-state index in [1.54, 1.807) is 12.1 Å². The lowest BCUT2D eigenvalue weighted by Crippen LogP contribution is -2.36. The Balaban J connectivity index is 0.000000252. The third-order valence-electron chi connectivity index (χ3n) is 7.42. The van der Waals surface area contributed by atoms with Crippen LogP contribution in [0.2, 0.25) is 0 Å². The molecule has 2 fully saturated rings. The molecule has 2 aliphatic heterocycles. The Kier molecular flexibility index (Phi) is 14.9. The van der Waals surface area contributed by atoms with E-state index in [4.69, 9.17) is 21.1 Å². The summed E-state index contributed by atoms with van der Waals surface area (Å²) in [6.45, 7) is 6.44. The molecule has 0 spiro atoms. The van der Waals surface area contributed by atoms with Gasteiger partial charge in [-0.05, 0) is 99.8 Å². The van der Waals surface area contributed by atoms with E-state index < -0.39 is 0 Å². The number of hydrogen-bond acceptors (Lipinski definition) is 8. The van der Waals surface area contributed by atoms with Crippen molar-refractivity contribution in [1.29, 1.82) is 0 Å². The predicted molar refractivity (Wildman–Crippen MR) is 152 cm³/mol. The number of non-ortho nitro benzene ring substituents is 1. The number of anilines is 1. The molecule has 0 atom stereocenters. The highest BCUT2D eigenvalue weighted by molar-refractivity contribution is 5.39. The zero-order valence-electron chi connectivity index (χ0n) is 22.8. The lowest BCUT2D eigenvalue weighted by molar-refractivity contribution is -0.384. The molecule has 212 valence electrons. The van der Waals surface area contributed by atoms with Gasteiger partial charge in [0, 0.05) is 38.0 Å². The van der Waals surface area contributed by atoms with Crippen molar-refractivity contribution >= 4 is 11.4 Å². The fourth-order valence-electron chi connectivity index (χ4n) is 5.19. The molecule has 2 aromatic rings. The summed E-state index contributed by atoms with van der Waals surface area (Å²) in [7, 11) is 1.00. The number of aliphatic hydroxyl groups excluding tert-OH is 3. The van der Waals surface area contributed by atoms with Gasteiger partial charge in [0.1, 0.15) is 0 Å². The highest BCUT2D eigenvalue weighted by Gasteiger charge is 2.20. The number of nitrogens with two attached hydrogens (primary N) is 1. The molecule has 4 rings (SSSR count). The van der Waals surface area contributed by atoms with Crippen molar-refractivity contribution < 1.29 is 20.2 Å². The number of hydrogen-bond donors (Lipinski definition) is 4. The maximum absolute atomic E-state index is 10.6. The van der Waals surface area contributed by atoms with Crippen LogP contribution in [0.15, 0.2) is 48.5 Å². The fraction of sp³-hybridized carbons (Fsp3) is 0.586. The van der Waals surface area contributed by atoms with Crippen molar-refractivity contribution in [2.75, 3.05) is 65.3 Å². The number of aliphatic hydroxyl groups is 3. The zero-order valence-corrected chi connectivity index (χ0v) is 22.8. The monoisotopic (exact) mass is 530 g/mol. The van der Waals surface area contributed by atoms with Gasteiger partial charge in [0.05, 0.1) is 18.1 Å². The van der Waals surface area contributed by atoms with E-state index in [2.05, 4.69) is 21.9 Å². The van der Waals surface area contributed by atoms with Crippen LogP contribution in [0.25, 0.3) is 0 Å². The van der Waals surface area contributed by atoms with Crippen LogP contribution in [-0.4, -0.2) is 89.6 Å². The van der Waals surface area contributed by atoms with Gasteiger partial charge in [-0.2, -0.15) is 0 Å². The van der Waals surface area contributed by atoms with Gasteiger partial charge in [0.15, 0.2) is 0 Å². The maximum atomic E-state index is 10.6. The molecular weight excluding hydrogens is 484 g/mol. The van der Waals surface area contributed by atoms with Crippen LogP contribution in [0.1, 0.15) is 36.8 Å². The Hall–Kier alpha value is -2.56. The summed E-state index contributed by atoms with van der Waals surface area (Å²) in [6.07, 6.45) is 6.90. The molecule has 0 unspecified atom stereocenters. The van der Waals surface area contributed by atoms with Crippen LogP contribution in [-0.2, 0) is 12.8 Å². The molecule has 0 aromatic heterocycles. The highest BCUT2D eigenvalue weighted by Crippen LogP contribution is 2.23. The first kappa shape index (κ1) is 31.7. The Bertz CT molecular complexity index is 894. The normalized spacial score (nSPS) is 17.2. The third-order valence-corrected chi connectivity index (χ3v) is 7.42. The van der Waals surface area contributed by atoms with E-state index in [9.17, 15) is 10.1 Å². The van der Waals surface area contributed by atoms with E-state index in [1.165, 1.54) is 24.0 Å². The Labute approximate surface area is 227 Å². The van der Waals surface area contributed by atoms with Gasteiger partial charge in [-0.15, -0.1) is 0 Å². The SMILES string of the molecule is CO.Nc1ccc(CC2CCN(CCO)CC2)cc1.O=[N+]([O-])c1ccc(CC2CCN(CCO)CC2)cc1. The van der Waals surface area contributed by atoms with Crippen molar-refractivity contribution in [1.82, 2.24) is 9.80 Å². The summed E-state index contributed by atoms with van der Waals surface area (Å²) >= 11 is 0. The molecule has 2 aromatic carbocycles. The first-order valence-electron chi connectivity index (χ1n) is 13.7. The summed E-state index contributed by atoms with van der Waals surface area (Å²) in [5, 5.41) is 35.4. The van der Waals surface area contributed by atoms with Gasteiger partial charge >= 0.3 is 0 Å². The molecule has 38 heavy (non-hydrogen) atoms. The van der Waals surface area contributed by atoms with Crippen molar-refractivity contribution in [3.8, 4) is 0 Å². The zero-order chi connectivity index (χ0) is 27.8. The molecular formula is C29H46N4O5. The molecule has 0 radical (unpaired) electrons. The molecule has 9 nitrogen and oxygen atoms in total. The molecule has 2 aliphatic rings. The van der Waals surface area contributed by atoms with Gasteiger partial charge < -0.3 is 30.9 Å². The van der Waals surface area contributed by atoms with E-state index >= 15 is 0 Å². The van der Waals surface area contributed by atoms with Crippen LogP contribution in [0.3, 0.4) is 0 Å². The van der Waals surface area contributed by atoms with E-state index in [-0.39, 0.29) is 23.8 Å². The molecule has 0 bridgehead atoms. The van der Waals surface area contributed by atoms with E-state index in [0.29, 0.717) is 5.92 Å². The number of benzene rings is 2. The Morgan fingerprint density at radius 1 is 0.763 bits per heavy atom. The molecule has 2 saturated heterocycles. The summed E-state index contributed by atoms with van der Waals surface area (Å²) in [4.78, 5) is 14.8. The largest absolute Gasteiger partial charge is 0.400 e. The van der Waals surface area contributed by atoms with Gasteiger partial charge in [0.2, 0.25) is 0 Å². The quantitative estimate of drug-likeness (QED) is 0.221. The number of nitro benzene ring substituents is 1. The minimum Gasteiger partial charge on any atom is -0.400 e. The minimum atomic E-state index is -0.364. The highest BCUT2D eigenvalue weighted by atomic mass is 16.6. The van der Waals surface area contributed by atoms with Gasteiger partial charge in [-0.1, -0.05) is 24.3 Å². The average molecular weight is 531 g/mol. The lowest BCUT2D eigenvalue weighted by Gasteiger charge is -2.31. The summed E-state index contributed by atoms with van der Waals surface area (Å²) in [5.41, 5.74) is 9.24. The van der Waals surface area contributed by atoms with Crippen LogP contribution in [0.4, 0.5) is 11.4 Å². The van der Waals surface area contributed by atoms with Gasteiger partial charge in [-0.3, -0.25) is 10.1 Å². The maximum Gasteiger partial charge on any atom is 0.269 e. The van der Waals surface area contributed by atoms with Crippen LogP contribution in [0, 0.1) is 22.0 Å². The summed E-state index contributed by atoms with van der Waals surface area (Å²) in [5.74, 6) is 1.44. The van der Waals surface area contributed by atoms with Crippen LogP contribution in [0.5, 0.6) is 0 Å². The first-order valence-corrected chi connectivity index (χ1v) is 13.7. The molecule has 9 heteroatoms. The lowest BCUT2D eigenvalue weighted by atomic mass is 9.90. The molecule has 2 heterocycles. The topological polar surface area (TPSA) is 136 Å². The van der Waals surface area contributed by atoms with Gasteiger partial charge in [-0.25, -0.2) is 0 Å². The first-order chi connectivity index (χ1) is 18.5. The molecule has 5 N–H and O–H groups in total. The minimum absolute atomic E-state index is 0.154. The Morgan fingerprint density at radius 3 is 1.47 bits per heavy atom. The van der Waals surface area contributed by atoms with Crippen molar-refractivity contribution in [2.45, 2.75) is 38.5 Å². The summed E-state index contributed by atoms with van der Waals surface area (Å²) < 4.78 is 0. The predicted octanol–water partition coefficient (Wildman–Crippen LogP) is 2.97. The second-order valence-corrected chi connectivity index (χ2v) is 10.1. The van der Waals surface area contributed by atoms with Crippen molar-refractivity contribution in [3.05, 3.63) is 69.8 Å². The fourth-order valence-corrected chi connectivity index (χ4v) is 5.19. The smallest absolute Gasteiger partial charge is 0.269 e. The van der Waals surface area contributed by atoms with Crippen molar-refractivity contribution in [3.63, 3.8) is 0 Å². The van der Waals surface area contributed by atoms with Gasteiger partial charge in [0.25, 0.3) is 5.69 Å². The van der Waals surface area contributed by atoms with Crippen LogP contribution < -0.4 is 5.73 Å².